The molecular formula is C97H104BrF3N14O11. The molecule has 4 amide bonds. The Balaban J connectivity index is 0.000000141. The zero-order valence-electron chi connectivity index (χ0n) is 71.4. The number of aromatic nitrogens is 6. The van der Waals surface area contributed by atoms with Gasteiger partial charge in [0.2, 0.25) is 0 Å². The van der Waals surface area contributed by atoms with Crippen molar-refractivity contribution in [2.24, 2.45) is 5.73 Å². The van der Waals surface area contributed by atoms with E-state index in [1.54, 1.807) is 40.0 Å². The van der Waals surface area contributed by atoms with Crippen LogP contribution in [0.2, 0.25) is 0 Å². The van der Waals surface area contributed by atoms with Crippen LogP contribution in [-0.2, 0) is 34.5 Å². The van der Waals surface area contributed by atoms with Crippen molar-refractivity contribution in [2.75, 3.05) is 57.6 Å². The van der Waals surface area contributed by atoms with Crippen molar-refractivity contribution < 1.29 is 51.3 Å². The monoisotopic (exact) mass is 1780 g/mol. The fourth-order valence-electron chi connectivity index (χ4n) is 14.4. The summed E-state index contributed by atoms with van der Waals surface area (Å²) in [5.74, 6) is 0.0762. The molecule has 29 heteroatoms. The van der Waals surface area contributed by atoms with Crippen LogP contribution in [0.4, 0.5) is 29.6 Å². The van der Waals surface area contributed by atoms with Gasteiger partial charge in [-0.25, -0.2) is 32.9 Å². The maximum atomic E-state index is 14.9. The number of carbonyl (C=O) groups is 4. The summed E-state index contributed by atoms with van der Waals surface area (Å²) in [5, 5.41) is 15.3. The maximum Gasteiger partial charge on any atom is 0.409 e. The smallest absolute Gasteiger partial charge is 0.409 e. The highest BCUT2D eigenvalue weighted by atomic mass is 79.9. The van der Waals surface area contributed by atoms with Crippen LogP contribution in [0.5, 0.6) is 17.2 Å². The molecular weight excluding hydrogens is 1670 g/mol. The number of anilines is 2. The summed E-state index contributed by atoms with van der Waals surface area (Å²) >= 11 is 3.06. The molecule has 126 heavy (non-hydrogen) atoms. The number of hydrogen-bond donors (Lipinski definition) is 6. The predicted molar refractivity (Wildman–Crippen MR) is 480 cm³/mol. The molecule has 8 aromatic carbocycles. The first-order valence-electron chi connectivity index (χ1n) is 42.7. The van der Waals surface area contributed by atoms with E-state index in [2.05, 4.69) is 88.5 Å². The van der Waals surface area contributed by atoms with Gasteiger partial charge in [0.1, 0.15) is 54.5 Å². The molecule has 6 saturated carbocycles. The van der Waals surface area contributed by atoms with Crippen LogP contribution in [0.25, 0.3) is 17.1 Å². The number of para-hydroxylation sites is 3. The molecule has 7 N–H and O–H groups in total. The summed E-state index contributed by atoms with van der Waals surface area (Å²) < 4.78 is 71.4. The molecule has 0 bridgehead atoms. The molecule has 17 rings (SSSR count). The summed E-state index contributed by atoms with van der Waals surface area (Å²) in [7, 11) is 3.77. The SMILES string of the molecule is CCCCOc1ccccc1C1(Nc2nccn(-c3cc(C(=O)NC4CC4)cc(F)c3C)c2=O)CC1.CN(CCOc1ccccc1C1(N)CC1)C(=O)OCc1ccccc1.Cc1c(F)cc(C(=O)NC2CC2)cc1-n1ccnc(Br)c1=O.Cc1c(F)cc(C(=O)NC2CC2)cc1-n1ccnc(NC2(c3ccccc3OCCN(C)Cc3ccccc3)CC2)c1=O. The van der Waals surface area contributed by atoms with Crippen LogP contribution in [0.15, 0.2) is 226 Å². The van der Waals surface area contributed by atoms with Crippen LogP contribution in [0.1, 0.15) is 172 Å². The Hall–Kier alpha value is -12.7. The van der Waals surface area contributed by atoms with E-state index in [9.17, 15) is 46.7 Å². The molecule has 25 nitrogen and oxygen atoms in total. The summed E-state index contributed by atoms with van der Waals surface area (Å²) in [5.41, 5.74) is 11.5. The van der Waals surface area contributed by atoms with E-state index in [0.29, 0.717) is 49.0 Å². The van der Waals surface area contributed by atoms with Crippen LogP contribution in [-0.4, -0.2) is 127 Å². The van der Waals surface area contributed by atoms with Crippen molar-refractivity contribution in [3.05, 3.63) is 321 Å². The van der Waals surface area contributed by atoms with Gasteiger partial charge in [0.15, 0.2) is 16.2 Å². The molecule has 0 saturated heterocycles. The summed E-state index contributed by atoms with van der Waals surface area (Å²) in [6, 6.07) is 52.3. The van der Waals surface area contributed by atoms with E-state index in [4.69, 9.17) is 24.7 Å². The number of nitrogens with one attached hydrogen (secondary N) is 5. The second kappa shape index (κ2) is 40.1. The number of nitrogens with zero attached hydrogens (tertiary/aromatic N) is 8. The van der Waals surface area contributed by atoms with E-state index in [-0.39, 0.29) is 98.1 Å². The number of benzene rings is 8. The Bertz CT molecular complexity index is 5950. The number of hydrogen-bond acceptors (Lipinski definition) is 18. The fourth-order valence-corrected chi connectivity index (χ4v) is 14.7. The molecule has 3 heterocycles. The van der Waals surface area contributed by atoms with Gasteiger partial charge in [0.25, 0.3) is 34.4 Å². The lowest BCUT2D eigenvalue weighted by atomic mass is 10.0. The van der Waals surface area contributed by atoms with E-state index in [1.807, 2.05) is 121 Å². The first kappa shape index (κ1) is 89.5. The first-order valence-corrected chi connectivity index (χ1v) is 43.5. The second-order valence-corrected chi connectivity index (χ2v) is 33.7. The van der Waals surface area contributed by atoms with Crippen molar-refractivity contribution in [1.82, 2.24) is 54.4 Å². The van der Waals surface area contributed by atoms with Crippen molar-refractivity contribution in [1.29, 1.82) is 0 Å². The van der Waals surface area contributed by atoms with Crippen molar-refractivity contribution in [2.45, 2.75) is 165 Å². The van der Waals surface area contributed by atoms with Crippen molar-refractivity contribution in [3.8, 4) is 34.3 Å². The standard InChI is InChI=1S/C34H36FN5O3.C28H31FN4O3.C20H24N2O3.C15H13BrFN3O2/c1-23-28(35)20-25(32(41)37-26-12-13-26)21-29(23)40-17-16-36-31(33(40)42)38-34(14-15-34)27-10-6-7-11-30(27)43-19-18-39(2)22-24-8-4-3-5-9-24;1-3-4-15-36-24-8-6-5-7-21(24)28(11-12-28)32-25-27(35)33(14-13-30-25)23-17-19(16-22(29)18(23)2)26(34)31-20-9-10-20;1-22(19(23)25-15-16-7-3-2-4-8-16)13-14-24-18-10-6-5-9-17(18)20(21)11-12-20;1-8-11(17)6-9(14(21)19-10-2-3-10)7-12(8)20-5-4-18-13(16)15(20)22/h3-11,16-17,20-21,26H,12-15,18-19,22H2,1-2H3,(H,36,38)(H,37,41);5-8,13-14,16-17,20H,3-4,9-12,15H2,1-2H3,(H,30,32)(H,31,34);2-10H,11-15,21H2,1H3;4-7,10H,2-3H2,1H3,(H,19,21). The van der Waals surface area contributed by atoms with Gasteiger partial charge in [-0.15, -0.1) is 0 Å². The Labute approximate surface area is 737 Å². The van der Waals surface area contributed by atoms with Gasteiger partial charge in [0.05, 0.1) is 41.3 Å². The van der Waals surface area contributed by atoms with Crippen LogP contribution in [0, 0.1) is 38.2 Å². The molecule has 6 aliphatic rings. The third-order valence-electron chi connectivity index (χ3n) is 22.9. The first-order chi connectivity index (χ1) is 60.8. The summed E-state index contributed by atoms with van der Waals surface area (Å²) in [4.78, 5) is 105. The molecule has 6 aliphatic carbocycles. The second-order valence-electron chi connectivity index (χ2n) is 33.0. The van der Waals surface area contributed by atoms with Gasteiger partial charge in [0, 0.05) is 131 Å². The number of carbonyl (C=O) groups excluding carboxylic acids is 4. The summed E-state index contributed by atoms with van der Waals surface area (Å²) in [6.45, 7) is 10.7. The zero-order chi connectivity index (χ0) is 88.8. The van der Waals surface area contributed by atoms with Gasteiger partial charge in [-0.1, -0.05) is 129 Å². The average Bonchev–Trinajstić information content (AvgIpc) is 1.46. The Morgan fingerprint density at radius 2 is 0.857 bits per heavy atom. The highest BCUT2D eigenvalue weighted by Gasteiger charge is 2.49. The lowest BCUT2D eigenvalue weighted by molar-refractivity contribution is 0.0942. The minimum absolute atomic E-state index is 0.127. The largest absolute Gasteiger partial charge is 0.493 e. The van der Waals surface area contributed by atoms with Gasteiger partial charge in [-0.05, 0) is 193 Å². The minimum atomic E-state index is -0.546. The summed E-state index contributed by atoms with van der Waals surface area (Å²) in [6.07, 6.45) is 21.4. The lowest BCUT2D eigenvalue weighted by Gasteiger charge is -2.23. The Kier molecular flexibility index (Phi) is 28.5. The minimum Gasteiger partial charge on any atom is -0.493 e. The molecule has 6 fully saturated rings. The van der Waals surface area contributed by atoms with E-state index in [1.165, 1.54) is 85.6 Å². The molecule has 0 aliphatic heterocycles. The van der Waals surface area contributed by atoms with Gasteiger partial charge >= 0.3 is 6.09 Å². The van der Waals surface area contributed by atoms with E-state index < -0.39 is 45.2 Å². The van der Waals surface area contributed by atoms with Gasteiger partial charge in [-0.2, -0.15) is 0 Å². The number of amides is 4. The van der Waals surface area contributed by atoms with Crippen LogP contribution in [0.3, 0.4) is 0 Å². The molecule has 0 spiro atoms. The molecule has 0 radical (unpaired) electrons. The quantitative estimate of drug-likeness (QED) is 0.0213. The highest BCUT2D eigenvalue weighted by molar-refractivity contribution is 9.10. The average molecular weight is 1780 g/mol. The number of unbranched alkanes of at least 4 members (excludes halogenated alkanes) is 1. The Morgan fingerprint density at radius 3 is 1.27 bits per heavy atom. The van der Waals surface area contributed by atoms with Crippen molar-refractivity contribution in [3.63, 3.8) is 0 Å². The Morgan fingerprint density at radius 1 is 0.484 bits per heavy atom. The van der Waals surface area contributed by atoms with Gasteiger partial charge < -0.3 is 56.2 Å². The molecule has 0 unspecified atom stereocenters. The maximum absolute atomic E-state index is 14.9. The molecule has 11 aromatic rings. The van der Waals surface area contributed by atoms with E-state index >= 15 is 0 Å². The number of likely N-dealkylation sites (N-methyl/N-ethyl adjacent to an activating group) is 2. The molecule has 656 valence electrons. The number of rotatable bonds is 32. The van der Waals surface area contributed by atoms with Crippen molar-refractivity contribution >= 4 is 51.4 Å². The highest BCUT2D eigenvalue weighted by Crippen LogP contribution is 2.52. The van der Waals surface area contributed by atoms with Gasteiger partial charge in [-0.3, -0.25) is 47.4 Å². The number of ether oxygens (including phenoxy) is 4. The normalized spacial score (nSPS) is 15.1. The van der Waals surface area contributed by atoms with E-state index in [0.717, 1.165) is 142 Å². The third kappa shape index (κ3) is 22.7. The topological polar surface area (TPSA) is 303 Å². The number of nitrogens with two attached hydrogens (primary N) is 1. The molecule has 3 aromatic heterocycles. The van der Waals surface area contributed by atoms with Crippen LogP contribution < -0.4 is 63.2 Å². The molecule has 0 atom stereocenters. The zero-order valence-corrected chi connectivity index (χ0v) is 73.0. The predicted octanol–water partition coefficient (Wildman–Crippen LogP) is 15.7. The third-order valence-corrected chi connectivity index (χ3v) is 23.5. The fraction of sp³-hybridized carbons (Fsp3) is 0.340. The lowest BCUT2D eigenvalue weighted by Crippen LogP contribution is -2.31. The number of halogens is 4. The van der Waals surface area contributed by atoms with Crippen LogP contribution >= 0.6 is 15.9 Å².